The van der Waals surface area contributed by atoms with Crippen molar-refractivity contribution in [1.29, 1.82) is 0 Å². The SMILES string of the molecule is CC(C)(C)OC(=O)N1CCN(c2ncc3cc(C(=O)N(Cl)c4cccc(C(=O)NCc5cccc(Cl)c5)c4)c(=O)[nH]c3n2)CC1. The van der Waals surface area contributed by atoms with Gasteiger partial charge in [-0.25, -0.2) is 14.2 Å². The van der Waals surface area contributed by atoms with Crippen molar-refractivity contribution in [2.24, 2.45) is 0 Å². The molecule has 45 heavy (non-hydrogen) atoms. The molecule has 1 aliphatic heterocycles. The lowest BCUT2D eigenvalue weighted by Crippen LogP contribution is -2.50. The number of pyridine rings is 1. The molecule has 0 bridgehead atoms. The molecule has 5 rings (SSSR count). The van der Waals surface area contributed by atoms with Crippen molar-refractivity contribution in [1.82, 2.24) is 25.2 Å². The smallest absolute Gasteiger partial charge is 0.410 e. The quantitative estimate of drug-likeness (QED) is 0.284. The van der Waals surface area contributed by atoms with E-state index in [4.69, 9.17) is 28.1 Å². The number of anilines is 2. The maximum atomic E-state index is 13.3. The van der Waals surface area contributed by atoms with Gasteiger partial charge >= 0.3 is 6.09 Å². The van der Waals surface area contributed by atoms with E-state index in [0.29, 0.717) is 42.5 Å². The van der Waals surface area contributed by atoms with Crippen LogP contribution < -0.4 is 20.2 Å². The number of piperazine rings is 1. The standard InChI is InChI=1S/C31H31Cl2N7O5/c1-31(2,3)45-30(44)39-12-10-38(11-13-39)29-35-18-21-16-24(27(42)36-25(21)37-29)28(43)40(33)23-9-5-7-20(15-23)26(41)34-17-19-6-4-8-22(32)14-19/h4-9,14-16,18H,10-13,17H2,1-3H3,(H,34,41)(H,35,36,37,42). The Kier molecular flexibility index (Phi) is 9.26. The summed E-state index contributed by atoms with van der Waals surface area (Å²) in [5.74, 6) is -0.791. The van der Waals surface area contributed by atoms with Crippen LogP contribution in [0.4, 0.5) is 16.4 Å². The summed E-state index contributed by atoms with van der Waals surface area (Å²) in [7, 11) is 0. The molecular weight excluding hydrogens is 621 g/mol. The van der Waals surface area contributed by atoms with Gasteiger partial charge in [0.25, 0.3) is 17.4 Å². The van der Waals surface area contributed by atoms with Gasteiger partial charge in [0.2, 0.25) is 5.95 Å². The third-order valence-corrected chi connectivity index (χ3v) is 7.46. The van der Waals surface area contributed by atoms with Gasteiger partial charge in [-0.2, -0.15) is 4.98 Å². The van der Waals surface area contributed by atoms with E-state index in [-0.39, 0.29) is 41.0 Å². The second-order valence-electron chi connectivity index (χ2n) is 11.4. The number of halogens is 2. The molecule has 1 aliphatic rings. The molecule has 14 heteroatoms. The average Bonchev–Trinajstić information content (AvgIpc) is 3.01. The summed E-state index contributed by atoms with van der Waals surface area (Å²) in [5, 5.41) is 3.79. The van der Waals surface area contributed by atoms with E-state index in [1.54, 1.807) is 41.3 Å². The van der Waals surface area contributed by atoms with Gasteiger partial charge in [-0.15, -0.1) is 0 Å². The summed E-state index contributed by atoms with van der Waals surface area (Å²) in [6.07, 6.45) is 1.13. The topological polar surface area (TPSA) is 141 Å². The molecule has 0 unspecified atom stereocenters. The first-order valence-electron chi connectivity index (χ1n) is 14.1. The zero-order valence-corrected chi connectivity index (χ0v) is 26.4. The molecule has 4 aromatic rings. The van der Waals surface area contributed by atoms with E-state index in [1.807, 2.05) is 31.7 Å². The first-order chi connectivity index (χ1) is 21.4. The second-order valence-corrected chi connectivity index (χ2v) is 12.2. The molecule has 3 amide bonds. The Bertz CT molecular complexity index is 1820. The molecule has 1 saturated heterocycles. The number of nitrogens with one attached hydrogen (secondary N) is 2. The van der Waals surface area contributed by atoms with E-state index in [1.165, 1.54) is 18.3 Å². The molecular formula is C31H31Cl2N7O5. The van der Waals surface area contributed by atoms with Crippen LogP contribution >= 0.6 is 23.4 Å². The fraction of sp³-hybridized carbons (Fsp3) is 0.290. The zero-order chi connectivity index (χ0) is 32.3. The highest BCUT2D eigenvalue weighted by Gasteiger charge is 2.27. The number of carbonyl (C=O) groups excluding carboxylic acids is 3. The maximum absolute atomic E-state index is 13.3. The molecule has 12 nitrogen and oxygen atoms in total. The number of hydrogen-bond donors (Lipinski definition) is 2. The highest BCUT2D eigenvalue weighted by atomic mass is 35.5. The predicted molar refractivity (Wildman–Crippen MR) is 172 cm³/mol. The number of amides is 3. The van der Waals surface area contributed by atoms with Crippen molar-refractivity contribution >= 4 is 64.0 Å². The minimum Gasteiger partial charge on any atom is -0.444 e. The normalized spacial score (nSPS) is 13.4. The van der Waals surface area contributed by atoms with Gasteiger partial charge in [0.15, 0.2) is 0 Å². The van der Waals surface area contributed by atoms with E-state index in [9.17, 15) is 19.2 Å². The van der Waals surface area contributed by atoms with Gasteiger partial charge in [0, 0.05) is 66.7 Å². The molecule has 0 radical (unpaired) electrons. The molecule has 0 spiro atoms. The zero-order valence-electron chi connectivity index (χ0n) is 24.8. The monoisotopic (exact) mass is 651 g/mol. The van der Waals surface area contributed by atoms with Gasteiger partial charge in [0.1, 0.15) is 16.8 Å². The van der Waals surface area contributed by atoms with Crippen LogP contribution in [0, 0.1) is 0 Å². The van der Waals surface area contributed by atoms with Crippen LogP contribution in [-0.2, 0) is 11.3 Å². The number of carbonyl (C=O) groups is 3. The van der Waals surface area contributed by atoms with Crippen molar-refractivity contribution < 1.29 is 19.1 Å². The molecule has 1 fully saturated rings. The lowest BCUT2D eigenvalue weighted by molar-refractivity contribution is 0.0240. The van der Waals surface area contributed by atoms with Crippen molar-refractivity contribution in [3.8, 4) is 0 Å². The van der Waals surface area contributed by atoms with Gasteiger partial charge in [-0.3, -0.25) is 14.4 Å². The summed E-state index contributed by atoms with van der Waals surface area (Å²) in [4.78, 5) is 66.5. The summed E-state index contributed by atoms with van der Waals surface area (Å²) < 4.78 is 6.23. The third-order valence-electron chi connectivity index (χ3n) is 6.88. The number of aromatic nitrogens is 3. The molecule has 2 aromatic carbocycles. The number of nitrogens with zero attached hydrogens (tertiary/aromatic N) is 5. The first kappa shape index (κ1) is 31.7. The highest BCUT2D eigenvalue weighted by molar-refractivity contribution is 6.39. The fourth-order valence-corrected chi connectivity index (χ4v) is 5.04. The largest absolute Gasteiger partial charge is 0.444 e. The number of H-pyrrole nitrogens is 1. The van der Waals surface area contributed by atoms with Crippen LogP contribution in [0.2, 0.25) is 5.02 Å². The maximum Gasteiger partial charge on any atom is 0.410 e. The van der Waals surface area contributed by atoms with Gasteiger partial charge < -0.3 is 24.8 Å². The van der Waals surface area contributed by atoms with Crippen molar-refractivity contribution in [2.75, 3.05) is 35.5 Å². The summed E-state index contributed by atoms with van der Waals surface area (Å²) in [6.45, 7) is 7.52. The number of fused-ring (bicyclic) bond motifs is 1. The number of rotatable bonds is 6. The fourth-order valence-electron chi connectivity index (χ4n) is 4.63. The van der Waals surface area contributed by atoms with Crippen LogP contribution in [0.15, 0.2) is 65.6 Å². The van der Waals surface area contributed by atoms with Crippen molar-refractivity contribution in [3.05, 3.63) is 92.9 Å². The molecule has 234 valence electrons. The number of benzene rings is 2. The lowest BCUT2D eigenvalue weighted by Gasteiger charge is -2.35. The summed E-state index contributed by atoms with van der Waals surface area (Å²) in [6, 6.07) is 14.7. The van der Waals surface area contributed by atoms with Gasteiger partial charge in [-0.05, 0) is 62.7 Å². The highest BCUT2D eigenvalue weighted by Crippen LogP contribution is 2.22. The summed E-state index contributed by atoms with van der Waals surface area (Å²) in [5.41, 5.74) is 0.0521. The minimum absolute atomic E-state index is 0.202. The lowest BCUT2D eigenvalue weighted by atomic mass is 10.1. The Morgan fingerprint density at radius 1 is 1.04 bits per heavy atom. The number of hydrogen-bond acceptors (Lipinski definition) is 8. The Balaban J connectivity index is 1.26. The third kappa shape index (κ3) is 7.70. The van der Waals surface area contributed by atoms with Crippen LogP contribution in [0.25, 0.3) is 11.0 Å². The number of aromatic amines is 1. The Morgan fingerprint density at radius 2 is 1.78 bits per heavy atom. The van der Waals surface area contributed by atoms with Crippen LogP contribution in [0.5, 0.6) is 0 Å². The molecule has 3 heterocycles. The minimum atomic E-state index is -0.793. The van der Waals surface area contributed by atoms with Gasteiger partial charge in [0.05, 0.1) is 5.69 Å². The van der Waals surface area contributed by atoms with E-state index in [2.05, 4.69) is 20.3 Å². The molecule has 2 aromatic heterocycles. The molecule has 0 aliphatic carbocycles. The molecule has 0 saturated carbocycles. The van der Waals surface area contributed by atoms with E-state index >= 15 is 0 Å². The predicted octanol–water partition coefficient (Wildman–Crippen LogP) is 4.76. The van der Waals surface area contributed by atoms with Crippen LogP contribution in [0.1, 0.15) is 47.1 Å². The Morgan fingerprint density at radius 3 is 2.49 bits per heavy atom. The first-order valence-corrected chi connectivity index (χ1v) is 14.9. The van der Waals surface area contributed by atoms with E-state index in [0.717, 1.165) is 9.98 Å². The average molecular weight is 653 g/mol. The van der Waals surface area contributed by atoms with Crippen molar-refractivity contribution in [3.63, 3.8) is 0 Å². The summed E-state index contributed by atoms with van der Waals surface area (Å²) >= 11 is 12.4. The molecule has 2 N–H and O–H groups in total. The second kappa shape index (κ2) is 13.1. The van der Waals surface area contributed by atoms with Crippen molar-refractivity contribution in [2.45, 2.75) is 32.9 Å². The number of ether oxygens (including phenoxy) is 1. The van der Waals surface area contributed by atoms with E-state index < -0.39 is 17.1 Å². The Hall–Kier alpha value is -4.68. The molecule has 0 atom stereocenters. The van der Waals surface area contributed by atoms with Gasteiger partial charge in [-0.1, -0.05) is 29.8 Å². The Labute approximate surface area is 269 Å². The van der Waals surface area contributed by atoms with Crippen LogP contribution in [-0.4, -0.2) is 69.5 Å². The van der Waals surface area contributed by atoms with Crippen LogP contribution in [0.3, 0.4) is 0 Å².